The summed E-state index contributed by atoms with van der Waals surface area (Å²) in [5, 5.41) is 2.94. The Bertz CT molecular complexity index is 675. The van der Waals surface area contributed by atoms with Gasteiger partial charge < -0.3 is 19.7 Å². The molecule has 0 saturated carbocycles. The first-order valence-corrected chi connectivity index (χ1v) is 8.12. The van der Waals surface area contributed by atoms with E-state index in [0.29, 0.717) is 18.3 Å². The van der Waals surface area contributed by atoms with Gasteiger partial charge in [-0.25, -0.2) is 4.79 Å². The minimum absolute atomic E-state index is 0.0783. The van der Waals surface area contributed by atoms with Gasteiger partial charge >= 0.3 is 6.03 Å². The Morgan fingerprint density at radius 3 is 2.75 bits per heavy atom. The molecule has 0 spiro atoms. The Morgan fingerprint density at radius 1 is 1.17 bits per heavy atom. The number of ether oxygens (including phenoxy) is 2. The number of rotatable bonds is 5. The van der Waals surface area contributed by atoms with E-state index < -0.39 is 0 Å². The number of hydrogen-bond donors (Lipinski definition) is 1. The summed E-state index contributed by atoms with van der Waals surface area (Å²) in [5.74, 6) is 1.88. The van der Waals surface area contributed by atoms with E-state index in [1.54, 1.807) is 7.11 Å². The minimum Gasteiger partial charge on any atom is -0.457 e. The number of para-hydroxylation sites is 1. The average molecular weight is 326 g/mol. The standard InChI is InChI=1S/C19H22N2O3/c1-23-14-15-10-11-21(13-15)19(22)20-16-6-5-9-18(12-16)24-17-7-3-2-4-8-17/h2-9,12,15H,10-11,13-14H2,1H3,(H,20,22)/t15-/m0/s1. The zero-order valence-electron chi connectivity index (χ0n) is 13.8. The number of likely N-dealkylation sites (tertiary alicyclic amines) is 1. The molecular weight excluding hydrogens is 304 g/mol. The second kappa shape index (κ2) is 7.84. The second-order valence-corrected chi connectivity index (χ2v) is 5.93. The number of benzene rings is 2. The molecule has 1 atom stereocenters. The van der Waals surface area contributed by atoms with Crippen molar-refractivity contribution in [2.45, 2.75) is 6.42 Å². The van der Waals surface area contributed by atoms with Crippen molar-refractivity contribution in [2.75, 3.05) is 32.1 Å². The number of carbonyl (C=O) groups is 1. The van der Waals surface area contributed by atoms with Crippen LogP contribution in [0, 0.1) is 5.92 Å². The van der Waals surface area contributed by atoms with E-state index in [0.717, 1.165) is 30.9 Å². The molecule has 0 bridgehead atoms. The van der Waals surface area contributed by atoms with Crippen LogP contribution in [0.25, 0.3) is 0 Å². The van der Waals surface area contributed by atoms with E-state index in [-0.39, 0.29) is 6.03 Å². The smallest absolute Gasteiger partial charge is 0.321 e. The minimum atomic E-state index is -0.0783. The van der Waals surface area contributed by atoms with Crippen LogP contribution in [-0.2, 0) is 4.74 Å². The molecular formula is C19H22N2O3. The van der Waals surface area contributed by atoms with Gasteiger partial charge in [0.1, 0.15) is 11.5 Å². The molecule has 2 amide bonds. The summed E-state index contributed by atoms with van der Waals surface area (Å²) in [4.78, 5) is 14.2. The molecule has 1 fully saturated rings. The quantitative estimate of drug-likeness (QED) is 0.904. The number of nitrogens with zero attached hydrogens (tertiary/aromatic N) is 1. The maximum Gasteiger partial charge on any atom is 0.321 e. The highest BCUT2D eigenvalue weighted by Crippen LogP contribution is 2.24. The molecule has 0 unspecified atom stereocenters. The first kappa shape index (κ1) is 16.3. The van der Waals surface area contributed by atoms with Crippen LogP contribution in [-0.4, -0.2) is 37.7 Å². The van der Waals surface area contributed by atoms with Gasteiger partial charge in [-0.2, -0.15) is 0 Å². The third-order valence-corrected chi connectivity index (χ3v) is 4.04. The highest BCUT2D eigenvalue weighted by atomic mass is 16.5. The number of hydrogen-bond acceptors (Lipinski definition) is 3. The van der Waals surface area contributed by atoms with E-state index in [1.165, 1.54) is 0 Å². The lowest BCUT2D eigenvalue weighted by Gasteiger charge is -2.17. The van der Waals surface area contributed by atoms with Crippen LogP contribution in [0.5, 0.6) is 11.5 Å². The van der Waals surface area contributed by atoms with Gasteiger partial charge in [0.05, 0.1) is 6.61 Å². The van der Waals surface area contributed by atoms with Crippen molar-refractivity contribution in [1.29, 1.82) is 0 Å². The van der Waals surface area contributed by atoms with Gasteiger partial charge in [0.15, 0.2) is 0 Å². The lowest BCUT2D eigenvalue weighted by Crippen LogP contribution is -2.33. The van der Waals surface area contributed by atoms with E-state index >= 15 is 0 Å². The molecule has 5 nitrogen and oxygen atoms in total. The fourth-order valence-electron chi connectivity index (χ4n) is 2.85. The van der Waals surface area contributed by atoms with Crippen molar-refractivity contribution in [1.82, 2.24) is 4.90 Å². The Balaban J connectivity index is 1.59. The molecule has 1 aliphatic heterocycles. The van der Waals surface area contributed by atoms with Gasteiger partial charge in [-0.3, -0.25) is 0 Å². The Kier molecular flexibility index (Phi) is 5.33. The molecule has 2 aromatic carbocycles. The van der Waals surface area contributed by atoms with Gasteiger partial charge in [0.2, 0.25) is 0 Å². The van der Waals surface area contributed by atoms with E-state index in [4.69, 9.17) is 9.47 Å². The van der Waals surface area contributed by atoms with Crippen molar-refractivity contribution in [2.24, 2.45) is 5.92 Å². The largest absolute Gasteiger partial charge is 0.457 e. The Morgan fingerprint density at radius 2 is 1.96 bits per heavy atom. The summed E-state index contributed by atoms with van der Waals surface area (Å²) >= 11 is 0. The highest BCUT2D eigenvalue weighted by Gasteiger charge is 2.26. The summed E-state index contributed by atoms with van der Waals surface area (Å²) in [7, 11) is 1.70. The number of anilines is 1. The summed E-state index contributed by atoms with van der Waals surface area (Å²) in [6, 6.07) is 16.9. The molecule has 0 aliphatic carbocycles. The van der Waals surface area contributed by atoms with Crippen molar-refractivity contribution in [3.05, 3.63) is 54.6 Å². The van der Waals surface area contributed by atoms with E-state index in [2.05, 4.69) is 5.32 Å². The van der Waals surface area contributed by atoms with Crippen LogP contribution in [0.1, 0.15) is 6.42 Å². The summed E-state index contributed by atoms with van der Waals surface area (Å²) in [6.07, 6.45) is 0.985. The van der Waals surface area contributed by atoms with Crippen molar-refractivity contribution >= 4 is 11.7 Å². The van der Waals surface area contributed by atoms with Gasteiger partial charge in [0.25, 0.3) is 0 Å². The highest BCUT2D eigenvalue weighted by molar-refractivity contribution is 5.89. The van der Waals surface area contributed by atoms with Crippen LogP contribution < -0.4 is 10.1 Å². The van der Waals surface area contributed by atoms with Crippen LogP contribution in [0.3, 0.4) is 0 Å². The molecule has 0 aromatic heterocycles. The number of methoxy groups -OCH3 is 1. The zero-order chi connectivity index (χ0) is 16.8. The van der Waals surface area contributed by atoms with Crippen molar-refractivity contribution in [3.8, 4) is 11.5 Å². The van der Waals surface area contributed by atoms with Crippen LogP contribution >= 0.6 is 0 Å². The first-order valence-electron chi connectivity index (χ1n) is 8.12. The maximum absolute atomic E-state index is 12.4. The average Bonchev–Trinajstić information content (AvgIpc) is 3.05. The molecule has 5 heteroatoms. The van der Waals surface area contributed by atoms with Crippen LogP contribution in [0.2, 0.25) is 0 Å². The molecule has 1 aliphatic rings. The second-order valence-electron chi connectivity index (χ2n) is 5.93. The monoisotopic (exact) mass is 326 g/mol. The zero-order valence-corrected chi connectivity index (χ0v) is 13.8. The number of urea groups is 1. The fourth-order valence-corrected chi connectivity index (χ4v) is 2.85. The third kappa shape index (κ3) is 4.26. The topological polar surface area (TPSA) is 50.8 Å². The molecule has 3 rings (SSSR count). The molecule has 1 saturated heterocycles. The van der Waals surface area contributed by atoms with Crippen molar-refractivity contribution < 1.29 is 14.3 Å². The number of carbonyl (C=O) groups excluding carboxylic acids is 1. The van der Waals surface area contributed by atoms with Gasteiger partial charge in [-0.15, -0.1) is 0 Å². The summed E-state index contributed by atoms with van der Waals surface area (Å²) in [6.45, 7) is 2.20. The lowest BCUT2D eigenvalue weighted by atomic mass is 10.1. The van der Waals surface area contributed by atoms with Gasteiger partial charge in [0, 0.05) is 37.9 Å². The summed E-state index contributed by atoms with van der Waals surface area (Å²) < 4.78 is 11.0. The maximum atomic E-state index is 12.4. The molecule has 2 aromatic rings. The molecule has 1 N–H and O–H groups in total. The van der Waals surface area contributed by atoms with Crippen LogP contribution in [0.15, 0.2) is 54.6 Å². The van der Waals surface area contributed by atoms with Crippen molar-refractivity contribution in [3.63, 3.8) is 0 Å². The fraction of sp³-hybridized carbons (Fsp3) is 0.316. The molecule has 0 radical (unpaired) electrons. The predicted molar refractivity (Wildman–Crippen MR) is 93.5 cm³/mol. The molecule has 126 valence electrons. The van der Waals surface area contributed by atoms with E-state index in [1.807, 2.05) is 59.5 Å². The molecule has 1 heterocycles. The van der Waals surface area contributed by atoms with Gasteiger partial charge in [-0.05, 0) is 30.7 Å². The normalized spacial score (nSPS) is 16.9. The van der Waals surface area contributed by atoms with Gasteiger partial charge in [-0.1, -0.05) is 24.3 Å². The third-order valence-electron chi connectivity index (χ3n) is 4.04. The SMILES string of the molecule is COC[C@H]1CCN(C(=O)Nc2cccc(Oc3ccccc3)c2)C1. The first-order chi connectivity index (χ1) is 11.7. The Labute approximate surface area is 142 Å². The number of amides is 2. The van der Waals surface area contributed by atoms with Crippen LogP contribution in [0.4, 0.5) is 10.5 Å². The number of nitrogens with one attached hydrogen (secondary N) is 1. The summed E-state index contributed by atoms with van der Waals surface area (Å²) in [5.41, 5.74) is 0.726. The van der Waals surface area contributed by atoms with E-state index in [9.17, 15) is 4.79 Å². The molecule has 24 heavy (non-hydrogen) atoms. The predicted octanol–water partition coefficient (Wildman–Crippen LogP) is 3.98. The lowest BCUT2D eigenvalue weighted by molar-refractivity contribution is 0.154. The Hall–Kier alpha value is -2.53.